The fraction of sp³-hybridized carbons (Fsp3) is 0.714. The lowest BCUT2D eigenvalue weighted by molar-refractivity contribution is 0.334. The standard InChI is InChI=1S/C14H23N3/c1-10-4-3-5-12(8-10)14-16-11(2)9-13(17-14)6-7-15/h9-10,12H,3-8,15H2,1-2H3. The molecule has 0 bridgehead atoms. The first-order valence-electron chi connectivity index (χ1n) is 6.73. The molecule has 2 N–H and O–H groups in total. The van der Waals surface area contributed by atoms with Crippen LogP contribution in [0.1, 0.15) is 55.7 Å². The van der Waals surface area contributed by atoms with Gasteiger partial charge in [0.05, 0.1) is 0 Å². The molecular formula is C14H23N3. The number of rotatable bonds is 3. The molecule has 2 rings (SSSR count). The van der Waals surface area contributed by atoms with E-state index in [1.165, 1.54) is 25.7 Å². The zero-order valence-corrected chi connectivity index (χ0v) is 10.9. The third-order valence-electron chi connectivity index (χ3n) is 3.63. The van der Waals surface area contributed by atoms with Crippen LogP contribution in [0.25, 0.3) is 0 Å². The molecule has 1 aliphatic carbocycles. The van der Waals surface area contributed by atoms with Gasteiger partial charge in [0.25, 0.3) is 0 Å². The van der Waals surface area contributed by atoms with Crippen LogP contribution in [0.2, 0.25) is 0 Å². The summed E-state index contributed by atoms with van der Waals surface area (Å²) >= 11 is 0. The average Bonchev–Trinajstić information content (AvgIpc) is 2.28. The SMILES string of the molecule is Cc1cc(CCN)nc(C2CCCC(C)C2)n1. The molecule has 2 unspecified atom stereocenters. The third kappa shape index (κ3) is 3.25. The van der Waals surface area contributed by atoms with E-state index in [1.807, 2.05) is 0 Å². The van der Waals surface area contributed by atoms with Gasteiger partial charge >= 0.3 is 0 Å². The van der Waals surface area contributed by atoms with E-state index in [1.54, 1.807) is 0 Å². The van der Waals surface area contributed by atoms with Crippen molar-refractivity contribution in [3.8, 4) is 0 Å². The van der Waals surface area contributed by atoms with Crippen molar-refractivity contribution >= 4 is 0 Å². The van der Waals surface area contributed by atoms with Gasteiger partial charge in [-0.1, -0.05) is 19.8 Å². The van der Waals surface area contributed by atoms with Crippen LogP contribution >= 0.6 is 0 Å². The molecular weight excluding hydrogens is 210 g/mol. The molecule has 1 aromatic rings. The highest BCUT2D eigenvalue weighted by Crippen LogP contribution is 2.34. The Morgan fingerprint density at radius 1 is 1.35 bits per heavy atom. The molecule has 3 heteroatoms. The van der Waals surface area contributed by atoms with Gasteiger partial charge in [-0.25, -0.2) is 9.97 Å². The van der Waals surface area contributed by atoms with Crippen LogP contribution < -0.4 is 5.73 Å². The van der Waals surface area contributed by atoms with Gasteiger partial charge in [-0.05, 0) is 38.3 Å². The lowest BCUT2D eigenvalue weighted by atomic mass is 9.82. The largest absolute Gasteiger partial charge is 0.330 e. The molecule has 0 radical (unpaired) electrons. The monoisotopic (exact) mass is 233 g/mol. The summed E-state index contributed by atoms with van der Waals surface area (Å²) in [5, 5.41) is 0. The molecule has 1 aliphatic rings. The number of nitrogens with two attached hydrogens (primary N) is 1. The smallest absolute Gasteiger partial charge is 0.131 e. The van der Waals surface area contributed by atoms with Crippen molar-refractivity contribution in [3.05, 3.63) is 23.3 Å². The van der Waals surface area contributed by atoms with E-state index in [-0.39, 0.29) is 0 Å². The fourth-order valence-corrected chi connectivity index (χ4v) is 2.79. The number of aryl methyl sites for hydroxylation is 1. The van der Waals surface area contributed by atoms with Gasteiger partial charge < -0.3 is 5.73 Å². The quantitative estimate of drug-likeness (QED) is 0.873. The summed E-state index contributed by atoms with van der Waals surface area (Å²) in [6.45, 7) is 5.05. The maximum Gasteiger partial charge on any atom is 0.131 e. The van der Waals surface area contributed by atoms with E-state index in [4.69, 9.17) is 10.7 Å². The van der Waals surface area contributed by atoms with E-state index in [9.17, 15) is 0 Å². The first-order valence-corrected chi connectivity index (χ1v) is 6.73. The van der Waals surface area contributed by atoms with Crippen molar-refractivity contribution < 1.29 is 0 Å². The zero-order valence-electron chi connectivity index (χ0n) is 10.9. The highest BCUT2D eigenvalue weighted by Gasteiger charge is 2.22. The molecule has 0 saturated heterocycles. The molecule has 0 aliphatic heterocycles. The highest BCUT2D eigenvalue weighted by atomic mass is 14.9. The van der Waals surface area contributed by atoms with Crippen molar-refractivity contribution in [2.45, 2.75) is 51.9 Å². The summed E-state index contributed by atoms with van der Waals surface area (Å²) in [5.41, 5.74) is 7.79. The minimum absolute atomic E-state index is 0.565. The zero-order chi connectivity index (χ0) is 12.3. The predicted octanol–water partition coefficient (Wildman–Crippen LogP) is 2.58. The van der Waals surface area contributed by atoms with Crippen LogP contribution in [0.3, 0.4) is 0 Å². The average molecular weight is 233 g/mol. The van der Waals surface area contributed by atoms with Crippen molar-refractivity contribution in [2.75, 3.05) is 6.54 Å². The summed E-state index contributed by atoms with van der Waals surface area (Å²) in [6, 6.07) is 2.06. The second kappa shape index (κ2) is 5.58. The maximum absolute atomic E-state index is 5.60. The van der Waals surface area contributed by atoms with Gasteiger partial charge in [0.2, 0.25) is 0 Å². The van der Waals surface area contributed by atoms with Gasteiger partial charge in [-0.3, -0.25) is 0 Å². The summed E-state index contributed by atoms with van der Waals surface area (Å²) < 4.78 is 0. The van der Waals surface area contributed by atoms with Gasteiger partial charge in [0.1, 0.15) is 5.82 Å². The Morgan fingerprint density at radius 3 is 2.88 bits per heavy atom. The van der Waals surface area contributed by atoms with Gasteiger partial charge in [0.15, 0.2) is 0 Å². The number of hydrogen-bond donors (Lipinski definition) is 1. The van der Waals surface area contributed by atoms with E-state index in [2.05, 4.69) is 24.9 Å². The Morgan fingerprint density at radius 2 is 2.18 bits per heavy atom. The van der Waals surface area contributed by atoms with E-state index >= 15 is 0 Å². The lowest BCUT2D eigenvalue weighted by Gasteiger charge is -2.25. The second-order valence-electron chi connectivity index (χ2n) is 5.37. The van der Waals surface area contributed by atoms with Gasteiger partial charge in [-0.2, -0.15) is 0 Å². The fourth-order valence-electron chi connectivity index (χ4n) is 2.79. The molecule has 0 amide bonds. The third-order valence-corrected chi connectivity index (χ3v) is 3.63. The van der Waals surface area contributed by atoms with Gasteiger partial charge in [0, 0.05) is 23.7 Å². The molecule has 94 valence electrons. The summed E-state index contributed by atoms with van der Waals surface area (Å²) in [7, 11) is 0. The summed E-state index contributed by atoms with van der Waals surface area (Å²) in [6.07, 6.45) is 6.02. The van der Waals surface area contributed by atoms with Crippen LogP contribution in [0.4, 0.5) is 0 Å². The minimum Gasteiger partial charge on any atom is -0.330 e. The lowest BCUT2D eigenvalue weighted by Crippen LogP contribution is -2.16. The first kappa shape index (κ1) is 12.5. The Bertz CT molecular complexity index is 376. The summed E-state index contributed by atoms with van der Waals surface area (Å²) in [5.74, 6) is 2.44. The van der Waals surface area contributed by atoms with Crippen LogP contribution in [0, 0.1) is 12.8 Å². The normalized spacial score (nSPS) is 24.9. The highest BCUT2D eigenvalue weighted by molar-refractivity contribution is 5.13. The van der Waals surface area contributed by atoms with Crippen molar-refractivity contribution in [3.63, 3.8) is 0 Å². The Labute approximate surface area is 104 Å². The predicted molar refractivity (Wildman–Crippen MR) is 69.9 cm³/mol. The second-order valence-corrected chi connectivity index (χ2v) is 5.37. The number of hydrogen-bond acceptors (Lipinski definition) is 3. The molecule has 1 saturated carbocycles. The molecule has 1 heterocycles. The minimum atomic E-state index is 0.565. The molecule has 0 aromatic carbocycles. The van der Waals surface area contributed by atoms with Crippen LogP contribution in [-0.4, -0.2) is 16.5 Å². The molecule has 17 heavy (non-hydrogen) atoms. The Hall–Kier alpha value is -0.960. The van der Waals surface area contributed by atoms with Crippen molar-refractivity contribution in [1.29, 1.82) is 0 Å². The Kier molecular flexibility index (Phi) is 4.11. The van der Waals surface area contributed by atoms with Crippen molar-refractivity contribution in [1.82, 2.24) is 9.97 Å². The maximum atomic E-state index is 5.60. The number of nitrogens with zero attached hydrogens (tertiary/aromatic N) is 2. The Balaban J connectivity index is 2.18. The molecule has 1 aromatic heterocycles. The topological polar surface area (TPSA) is 51.8 Å². The van der Waals surface area contributed by atoms with E-state index in [0.29, 0.717) is 12.5 Å². The van der Waals surface area contributed by atoms with Crippen LogP contribution in [0.5, 0.6) is 0 Å². The van der Waals surface area contributed by atoms with E-state index < -0.39 is 0 Å². The molecule has 3 nitrogen and oxygen atoms in total. The van der Waals surface area contributed by atoms with Gasteiger partial charge in [-0.15, -0.1) is 0 Å². The summed E-state index contributed by atoms with van der Waals surface area (Å²) in [4.78, 5) is 9.31. The van der Waals surface area contributed by atoms with E-state index in [0.717, 1.165) is 29.6 Å². The molecule has 0 spiro atoms. The first-order chi connectivity index (χ1) is 8.19. The molecule has 1 fully saturated rings. The number of aromatic nitrogens is 2. The van der Waals surface area contributed by atoms with Crippen LogP contribution in [0.15, 0.2) is 6.07 Å². The van der Waals surface area contributed by atoms with Crippen molar-refractivity contribution in [2.24, 2.45) is 11.7 Å². The molecule has 2 atom stereocenters. The van der Waals surface area contributed by atoms with Crippen LogP contribution in [-0.2, 0) is 6.42 Å².